The molecular weight excluding hydrogens is 258 g/mol. The van der Waals surface area contributed by atoms with Gasteiger partial charge in [-0.05, 0) is 24.1 Å². The minimum atomic E-state index is 0.485. The van der Waals surface area contributed by atoms with Crippen LogP contribution in [0.2, 0.25) is 5.15 Å². The smallest absolute Gasteiger partial charge is 0.137 e. The van der Waals surface area contributed by atoms with Crippen LogP contribution in [0.5, 0.6) is 0 Å². The van der Waals surface area contributed by atoms with Gasteiger partial charge in [0.1, 0.15) is 16.8 Å². The highest BCUT2D eigenvalue weighted by atomic mass is 35.5. The first-order chi connectivity index (χ1) is 9.13. The van der Waals surface area contributed by atoms with Crippen molar-refractivity contribution < 1.29 is 0 Å². The minimum absolute atomic E-state index is 0.485. The molecule has 0 saturated heterocycles. The summed E-state index contributed by atoms with van der Waals surface area (Å²) >= 11 is 6.03. The number of anilines is 2. The second-order valence-electron chi connectivity index (χ2n) is 4.40. The molecule has 0 spiro atoms. The van der Waals surface area contributed by atoms with Gasteiger partial charge < -0.3 is 4.90 Å². The molecule has 0 radical (unpaired) electrons. The van der Waals surface area contributed by atoms with Gasteiger partial charge in [-0.3, -0.25) is 0 Å². The molecule has 2 aromatic rings. The predicted octanol–water partition coefficient (Wildman–Crippen LogP) is 4.02. The zero-order valence-corrected chi connectivity index (χ0v) is 12.3. The van der Waals surface area contributed by atoms with Crippen molar-refractivity contribution in [1.29, 1.82) is 0 Å². The van der Waals surface area contributed by atoms with Crippen molar-refractivity contribution in [3.8, 4) is 0 Å². The molecular formula is C15H18ClN3. The lowest BCUT2D eigenvalue weighted by Crippen LogP contribution is -2.12. The molecule has 1 aromatic carbocycles. The van der Waals surface area contributed by atoms with Crippen LogP contribution in [-0.4, -0.2) is 17.0 Å². The number of hydrogen-bond donors (Lipinski definition) is 0. The van der Waals surface area contributed by atoms with Crippen LogP contribution in [0.3, 0.4) is 0 Å². The summed E-state index contributed by atoms with van der Waals surface area (Å²) in [5.74, 6) is 1.58. The molecule has 0 fully saturated rings. The molecule has 0 atom stereocenters. The molecule has 0 aliphatic carbocycles. The molecule has 0 aliphatic heterocycles. The van der Waals surface area contributed by atoms with Crippen LogP contribution >= 0.6 is 11.6 Å². The number of benzene rings is 1. The third kappa shape index (κ3) is 3.24. The van der Waals surface area contributed by atoms with Crippen molar-refractivity contribution in [2.75, 3.05) is 11.9 Å². The Labute approximate surface area is 119 Å². The molecule has 0 unspecified atom stereocenters. The van der Waals surface area contributed by atoms with Crippen LogP contribution in [0, 0.1) is 0 Å². The Bertz CT molecular complexity index is 552. The van der Waals surface area contributed by atoms with E-state index < -0.39 is 0 Å². The van der Waals surface area contributed by atoms with Gasteiger partial charge in [0.15, 0.2) is 0 Å². The van der Waals surface area contributed by atoms with Crippen molar-refractivity contribution in [3.63, 3.8) is 0 Å². The molecule has 1 aromatic heterocycles. The molecule has 100 valence electrons. The lowest BCUT2D eigenvalue weighted by molar-refractivity contribution is 0.926. The lowest BCUT2D eigenvalue weighted by Gasteiger charge is -2.19. The Morgan fingerprint density at radius 1 is 1.05 bits per heavy atom. The molecule has 0 N–H and O–H groups in total. The van der Waals surface area contributed by atoms with E-state index in [-0.39, 0.29) is 0 Å². The van der Waals surface area contributed by atoms with E-state index in [0.717, 1.165) is 30.2 Å². The maximum Gasteiger partial charge on any atom is 0.137 e. The molecule has 0 amide bonds. The van der Waals surface area contributed by atoms with Gasteiger partial charge in [0, 0.05) is 25.2 Å². The second-order valence-corrected chi connectivity index (χ2v) is 4.78. The van der Waals surface area contributed by atoms with E-state index in [1.54, 1.807) is 6.07 Å². The Kier molecular flexibility index (Phi) is 4.38. The maximum absolute atomic E-state index is 6.03. The summed E-state index contributed by atoms with van der Waals surface area (Å²) < 4.78 is 0. The average Bonchev–Trinajstić information content (AvgIpc) is 2.46. The fourth-order valence-electron chi connectivity index (χ4n) is 1.87. The number of halogens is 1. The highest BCUT2D eigenvalue weighted by Gasteiger charge is 2.08. The van der Waals surface area contributed by atoms with E-state index in [1.807, 2.05) is 18.9 Å². The summed E-state index contributed by atoms with van der Waals surface area (Å²) in [5, 5.41) is 0.485. The third-order valence-corrected chi connectivity index (χ3v) is 3.31. The average molecular weight is 276 g/mol. The van der Waals surface area contributed by atoms with E-state index in [0.29, 0.717) is 5.15 Å². The first-order valence-corrected chi connectivity index (χ1v) is 6.88. The number of hydrogen-bond acceptors (Lipinski definition) is 3. The normalized spacial score (nSPS) is 10.5. The topological polar surface area (TPSA) is 29.0 Å². The predicted molar refractivity (Wildman–Crippen MR) is 80.3 cm³/mol. The van der Waals surface area contributed by atoms with Gasteiger partial charge in [-0.1, -0.05) is 37.6 Å². The van der Waals surface area contributed by atoms with Crippen molar-refractivity contribution in [1.82, 2.24) is 9.97 Å². The Morgan fingerprint density at radius 3 is 2.32 bits per heavy atom. The van der Waals surface area contributed by atoms with Crippen molar-refractivity contribution in [2.24, 2.45) is 0 Å². The maximum atomic E-state index is 6.03. The number of nitrogens with zero attached hydrogens (tertiary/aromatic N) is 3. The highest BCUT2D eigenvalue weighted by Crippen LogP contribution is 2.24. The summed E-state index contributed by atoms with van der Waals surface area (Å²) in [7, 11) is 1.99. The van der Waals surface area contributed by atoms with E-state index in [9.17, 15) is 0 Å². The van der Waals surface area contributed by atoms with Crippen LogP contribution in [0.25, 0.3) is 0 Å². The fourth-order valence-corrected chi connectivity index (χ4v) is 2.06. The number of aryl methyl sites for hydroxylation is 2. The molecule has 0 bridgehead atoms. The summed E-state index contributed by atoms with van der Waals surface area (Å²) in [6.07, 6.45) is 1.82. The quantitative estimate of drug-likeness (QED) is 0.789. The fraction of sp³-hybridized carbons (Fsp3) is 0.333. The third-order valence-electron chi connectivity index (χ3n) is 3.12. The molecule has 19 heavy (non-hydrogen) atoms. The van der Waals surface area contributed by atoms with Gasteiger partial charge in [-0.2, -0.15) is 0 Å². The van der Waals surface area contributed by atoms with Crippen LogP contribution in [0.4, 0.5) is 11.5 Å². The van der Waals surface area contributed by atoms with E-state index in [4.69, 9.17) is 11.6 Å². The van der Waals surface area contributed by atoms with E-state index >= 15 is 0 Å². The van der Waals surface area contributed by atoms with E-state index in [2.05, 4.69) is 41.2 Å². The summed E-state index contributed by atoms with van der Waals surface area (Å²) in [5.41, 5.74) is 2.42. The first-order valence-electron chi connectivity index (χ1n) is 6.50. The van der Waals surface area contributed by atoms with Crippen LogP contribution < -0.4 is 4.90 Å². The zero-order chi connectivity index (χ0) is 13.8. The molecule has 4 heteroatoms. The van der Waals surface area contributed by atoms with Gasteiger partial charge in [0.05, 0.1) is 0 Å². The van der Waals surface area contributed by atoms with Crippen molar-refractivity contribution >= 4 is 23.1 Å². The minimum Gasteiger partial charge on any atom is -0.329 e. The standard InChI is InChI=1S/C15H18ClN3/c1-4-11-6-8-12(9-7-11)19(3)15-10-13(16)17-14(5-2)18-15/h6-10H,4-5H2,1-3H3. The largest absolute Gasteiger partial charge is 0.329 e. The van der Waals surface area contributed by atoms with Gasteiger partial charge >= 0.3 is 0 Å². The van der Waals surface area contributed by atoms with Crippen LogP contribution in [0.1, 0.15) is 25.2 Å². The van der Waals surface area contributed by atoms with Gasteiger partial charge in [-0.25, -0.2) is 9.97 Å². The Morgan fingerprint density at radius 2 is 1.74 bits per heavy atom. The first kappa shape index (κ1) is 13.8. The summed E-state index contributed by atoms with van der Waals surface area (Å²) in [6.45, 7) is 4.17. The Hall–Kier alpha value is -1.61. The molecule has 3 nitrogen and oxygen atoms in total. The summed E-state index contributed by atoms with van der Waals surface area (Å²) in [6, 6.07) is 10.3. The molecule has 1 heterocycles. The lowest BCUT2D eigenvalue weighted by atomic mass is 10.1. The molecule has 2 rings (SSSR count). The van der Waals surface area contributed by atoms with E-state index in [1.165, 1.54) is 5.56 Å². The van der Waals surface area contributed by atoms with Crippen molar-refractivity contribution in [3.05, 3.63) is 46.9 Å². The van der Waals surface area contributed by atoms with Gasteiger partial charge in [-0.15, -0.1) is 0 Å². The van der Waals surface area contributed by atoms with Gasteiger partial charge in [0.25, 0.3) is 0 Å². The van der Waals surface area contributed by atoms with Crippen LogP contribution in [0.15, 0.2) is 30.3 Å². The zero-order valence-electron chi connectivity index (χ0n) is 11.5. The SMILES string of the molecule is CCc1ccc(N(C)c2cc(Cl)nc(CC)n2)cc1. The van der Waals surface area contributed by atoms with Crippen LogP contribution in [-0.2, 0) is 12.8 Å². The number of rotatable bonds is 4. The van der Waals surface area contributed by atoms with Gasteiger partial charge in [0.2, 0.25) is 0 Å². The second kappa shape index (κ2) is 6.02. The summed E-state index contributed by atoms with van der Waals surface area (Å²) in [4.78, 5) is 10.7. The van der Waals surface area contributed by atoms with Crippen molar-refractivity contribution in [2.45, 2.75) is 26.7 Å². The Balaban J connectivity index is 2.31. The molecule has 0 saturated carbocycles. The monoisotopic (exact) mass is 275 g/mol. The number of aromatic nitrogens is 2. The highest BCUT2D eigenvalue weighted by molar-refractivity contribution is 6.29. The molecule has 0 aliphatic rings.